The van der Waals surface area contributed by atoms with Crippen LogP contribution in [0.5, 0.6) is 5.88 Å². The fourth-order valence-electron chi connectivity index (χ4n) is 2.43. The molecule has 5 nitrogen and oxygen atoms in total. The van der Waals surface area contributed by atoms with Crippen molar-refractivity contribution in [3.63, 3.8) is 0 Å². The topological polar surface area (TPSA) is 54.0 Å². The molecule has 0 saturated heterocycles. The SMILES string of the molecule is CC(C)Oc1cc(CN(Cc2cnc[nH]2)C2CC2)ccn1. The van der Waals surface area contributed by atoms with E-state index in [9.17, 15) is 0 Å². The van der Waals surface area contributed by atoms with Gasteiger partial charge in [0.15, 0.2) is 0 Å². The maximum Gasteiger partial charge on any atom is 0.213 e. The van der Waals surface area contributed by atoms with Crippen LogP contribution in [0.25, 0.3) is 0 Å². The highest BCUT2D eigenvalue weighted by Crippen LogP contribution is 2.29. The van der Waals surface area contributed by atoms with Gasteiger partial charge in [-0.2, -0.15) is 0 Å². The predicted molar refractivity (Wildman–Crippen MR) is 80.9 cm³/mol. The number of rotatable bonds is 7. The van der Waals surface area contributed by atoms with Gasteiger partial charge in [-0.25, -0.2) is 9.97 Å². The molecule has 0 spiro atoms. The molecule has 0 radical (unpaired) electrons. The summed E-state index contributed by atoms with van der Waals surface area (Å²) in [6.07, 6.45) is 8.19. The molecule has 0 amide bonds. The zero-order valence-corrected chi connectivity index (χ0v) is 12.6. The van der Waals surface area contributed by atoms with Gasteiger partial charge < -0.3 is 9.72 Å². The van der Waals surface area contributed by atoms with Gasteiger partial charge in [0, 0.05) is 43.3 Å². The van der Waals surface area contributed by atoms with Crippen molar-refractivity contribution in [3.8, 4) is 5.88 Å². The molecule has 1 aliphatic carbocycles. The number of aromatic nitrogens is 3. The van der Waals surface area contributed by atoms with E-state index < -0.39 is 0 Å². The zero-order chi connectivity index (χ0) is 14.7. The Morgan fingerprint density at radius 1 is 1.38 bits per heavy atom. The first-order valence-corrected chi connectivity index (χ1v) is 7.53. The Hall–Kier alpha value is -1.88. The first kappa shape index (κ1) is 14.1. The maximum absolute atomic E-state index is 5.67. The Bertz CT molecular complexity index is 563. The van der Waals surface area contributed by atoms with Crippen molar-refractivity contribution in [2.75, 3.05) is 0 Å². The number of H-pyrrole nitrogens is 1. The summed E-state index contributed by atoms with van der Waals surface area (Å²) in [7, 11) is 0. The summed E-state index contributed by atoms with van der Waals surface area (Å²) in [6, 6.07) is 4.80. The average Bonchev–Trinajstić information content (AvgIpc) is 3.16. The van der Waals surface area contributed by atoms with E-state index in [1.807, 2.05) is 32.3 Å². The molecule has 0 aromatic carbocycles. The van der Waals surface area contributed by atoms with Crippen molar-refractivity contribution in [3.05, 3.63) is 42.1 Å². The van der Waals surface area contributed by atoms with Gasteiger partial charge in [-0.05, 0) is 38.3 Å². The molecule has 1 fully saturated rings. The van der Waals surface area contributed by atoms with E-state index in [4.69, 9.17) is 4.74 Å². The van der Waals surface area contributed by atoms with Gasteiger partial charge in [-0.3, -0.25) is 4.90 Å². The molecule has 2 heterocycles. The zero-order valence-electron chi connectivity index (χ0n) is 12.6. The summed E-state index contributed by atoms with van der Waals surface area (Å²) in [5.74, 6) is 0.708. The number of pyridine rings is 1. The van der Waals surface area contributed by atoms with Gasteiger partial charge in [0.05, 0.1) is 12.4 Å². The second-order valence-electron chi connectivity index (χ2n) is 5.88. The molecule has 1 aliphatic rings. The molecule has 21 heavy (non-hydrogen) atoms. The summed E-state index contributed by atoms with van der Waals surface area (Å²) in [6.45, 7) is 5.86. The summed E-state index contributed by atoms with van der Waals surface area (Å²) >= 11 is 0. The summed E-state index contributed by atoms with van der Waals surface area (Å²) in [4.78, 5) is 14.0. The highest BCUT2D eigenvalue weighted by atomic mass is 16.5. The molecule has 3 rings (SSSR count). The van der Waals surface area contributed by atoms with Crippen LogP contribution in [0.1, 0.15) is 37.9 Å². The third kappa shape index (κ3) is 4.04. The Kier molecular flexibility index (Phi) is 4.20. The second-order valence-corrected chi connectivity index (χ2v) is 5.88. The normalized spacial score (nSPS) is 14.9. The summed E-state index contributed by atoms with van der Waals surface area (Å²) < 4.78 is 5.67. The van der Waals surface area contributed by atoms with Gasteiger partial charge in [0.25, 0.3) is 0 Å². The lowest BCUT2D eigenvalue weighted by Crippen LogP contribution is -2.25. The molecule has 0 aliphatic heterocycles. The van der Waals surface area contributed by atoms with Crippen LogP contribution in [-0.4, -0.2) is 32.0 Å². The third-order valence-electron chi connectivity index (χ3n) is 3.53. The fourth-order valence-corrected chi connectivity index (χ4v) is 2.43. The Labute approximate surface area is 125 Å². The summed E-state index contributed by atoms with van der Waals surface area (Å²) in [5.41, 5.74) is 2.40. The molecule has 5 heteroatoms. The number of nitrogens with zero attached hydrogens (tertiary/aromatic N) is 3. The molecule has 1 saturated carbocycles. The lowest BCUT2D eigenvalue weighted by molar-refractivity contribution is 0.228. The largest absolute Gasteiger partial charge is 0.475 e. The van der Waals surface area contributed by atoms with Crippen LogP contribution in [0.15, 0.2) is 30.9 Å². The van der Waals surface area contributed by atoms with Crippen LogP contribution in [0.3, 0.4) is 0 Å². The number of nitrogens with one attached hydrogen (secondary N) is 1. The van der Waals surface area contributed by atoms with E-state index >= 15 is 0 Å². The van der Waals surface area contributed by atoms with Gasteiger partial charge in [0.2, 0.25) is 5.88 Å². The standard InChI is InChI=1S/C16H22N4O/c1-12(2)21-16-7-13(5-6-18-16)9-20(15-3-4-15)10-14-8-17-11-19-14/h5-8,11-12,15H,3-4,9-10H2,1-2H3,(H,17,19). The number of aromatic amines is 1. The Morgan fingerprint density at radius 2 is 2.24 bits per heavy atom. The smallest absolute Gasteiger partial charge is 0.213 e. The van der Waals surface area contributed by atoms with Crippen molar-refractivity contribution in [2.45, 2.75) is 51.9 Å². The van der Waals surface area contributed by atoms with E-state index in [1.165, 1.54) is 18.4 Å². The van der Waals surface area contributed by atoms with E-state index in [1.54, 1.807) is 6.33 Å². The molecule has 2 aromatic heterocycles. The number of imidazole rings is 1. The first-order valence-electron chi connectivity index (χ1n) is 7.53. The van der Waals surface area contributed by atoms with Crippen LogP contribution >= 0.6 is 0 Å². The Morgan fingerprint density at radius 3 is 2.90 bits per heavy atom. The minimum atomic E-state index is 0.150. The second kappa shape index (κ2) is 6.26. The molecule has 0 atom stereocenters. The van der Waals surface area contributed by atoms with Gasteiger partial charge in [0.1, 0.15) is 0 Å². The van der Waals surface area contributed by atoms with Crippen molar-refractivity contribution in [2.24, 2.45) is 0 Å². The molecular weight excluding hydrogens is 264 g/mol. The van der Waals surface area contributed by atoms with Crippen LogP contribution in [-0.2, 0) is 13.1 Å². The van der Waals surface area contributed by atoms with E-state index in [0.29, 0.717) is 11.9 Å². The lowest BCUT2D eigenvalue weighted by Gasteiger charge is -2.21. The number of hydrogen-bond acceptors (Lipinski definition) is 4. The van der Waals surface area contributed by atoms with Gasteiger partial charge in [-0.15, -0.1) is 0 Å². The van der Waals surface area contributed by atoms with Crippen molar-refractivity contribution in [1.29, 1.82) is 0 Å². The van der Waals surface area contributed by atoms with Crippen LogP contribution in [0, 0.1) is 0 Å². The quantitative estimate of drug-likeness (QED) is 0.850. The molecule has 0 bridgehead atoms. The number of hydrogen-bond donors (Lipinski definition) is 1. The van der Waals surface area contributed by atoms with Crippen LogP contribution in [0.4, 0.5) is 0 Å². The predicted octanol–water partition coefficient (Wildman–Crippen LogP) is 2.76. The molecular formula is C16H22N4O. The Balaban J connectivity index is 1.67. The van der Waals surface area contributed by atoms with E-state index in [0.717, 1.165) is 18.8 Å². The van der Waals surface area contributed by atoms with E-state index in [-0.39, 0.29) is 6.10 Å². The highest BCUT2D eigenvalue weighted by Gasteiger charge is 2.29. The van der Waals surface area contributed by atoms with E-state index in [2.05, 4.69) is 25.9 Å². The van der Waals surface area contributed by atoms with Crippen molar-refractivity contribution >= 4 is 0 Å². The average molecular weight is 286 g/mol. The van der Waals surface area contributed by atoms with Crippen molar-refractivity contribution in [1.82, 2.24) is 19.9 Å². The molecule has 2 aromatic rings. The highest BCUT2D eigenvalue weighted by molar-refractivity contribution is 5.21. The minimum absolute atomic E-state index is 0.150. The van der Waals surface area contributed by atoms with Gasteiger partial charge in [-0.1, -0.05) is 0 Å². The molecule has 112 valence electrons. The first-order chi connectivity index (χ1) is 10.2. The maximum atomic E-state index is 5.67. The fraction of sp³-hybridized carbons (Fsp3) is 0.500. The molecule has 0 unspecified atom stereocenters. The molecule has 1 N–H and O–H groups in total. The summed E-state index contributed by atoms with van der Waals surface area (Å²) in [5, 5.41) is 0. The minimum Gasteiger partial charge on any atom is -0.475 e. The monoisotopic (exact) mass is 286 g/mol. The van der Waals surface area contributed by atoms with Crippen molar-refractivity contribution < 1.29 is 4.74 Å². The lowest BCUT2D eigenvalue weighted by atomic mass is 10.2. The number of ether oxygens (including phenoxy) is 1. The van der Waals surface area contributed by atoms with Crippen LogP contribution in [0.2, 0.25) is 0 Å². The third-order valence-corrected chi connectivity index (χ3v) is 3.53. The van der Waals surface area contributed by atoms with Gasteiger partial charge >= 0.3 is 0 Å². The van der Waals surface area contributed by atoms with Crippen LogP contribution < -0.4 is 4.74 Å².